The SMILES string of the molecule is COCC(C)Oc1ccc2c(c1)OCC2N. The second-order valence-electron chi connectivity index (χ2n) is 4.00. The molecule has 1 aliphatic heterocycles. The van der Waals surface area contributed by atoms with E-state index in [-0.39, 0.29) is 12.1 Å². The Morgan fingerprint density at radius 2 is 2.38 bits per heavy atom. The van der Waals surface area contributed by atoms with Gasteiger partial charge in [0.05, 0.1) is 12.6 Å². The number of benzene rings is 1. The first-order valence-electron chi connectivity index (χ1n) is 5.38. The Hall–Kier alpha value is -1.26. The number of nitrogens with two attached hydrogens (primary N) is 1. The van der Waals surface area contributed by atoms with Crippen LogP contribution < -0.4 is 15.2 Å². The van der Waals surface area contributed by atoms with Gasteiger partial charge in [-0.2, -0.15) is 0 Å². The van der Waals surface area contributed by atoms with Crippen LogP contribution in [0.5, 0.6) is 11.5 Å². The van der Waals surface area contributed by atoms with Crippen molar-refractivity contribution < 1.29 is 14.2 Å². The standard InChI is InChI=1S/C12H17NO3/c1-8(6-14-2)16-9-3-4-10-11(13)7-15-12(10)5-9/h3-5,8,11H,6-7,13H2,1-2H3. The molecule has 1 aromatic carbocycles. The Morgan fingerprint density at radius 1 is 1.56 bits per heavy atom. The molecular formula is C12H17NO3. The topological polar surface area (TPSA) is 53.7 Å². The van der Waals surface area contributed by atoms with Crippen molar-refractivity contribution in [1.29, 1.82) is 0 Å². The van der Waals surface area contributed by atoms with Gasteiger partial charge in [0.25, 0.3) is 0 Å². The molecule has 0 aliphatic carbocycles. The van der Waals surface area contributed by atoms with E-state index in [0.717, 1.165) is 17.1 Å². The van der Waals surface area contributed by atoms with Crippen LogP contribution in [0.1, 0.15) is 18.5 Å². The summed E-state index contributed by atoms with van der Waals surface area (Å²) in [5.74, 6) is 1.62. The summed E-state index contributed by atoms with van der Waals surface area (Å²) in [6, 6.07) is 5.75. The van der Waals surface area contributed by atoms with E-state index < -0.39 is 0 Å². The predicted octanol–water partition coefficient (Wildman–Crippen LogP) is 1.49. The Balaban J connectivity index is 2.07. The molecule has 4 nitrogen and oxygen atoms in total. The van der Waals surface area contributed by atoms with Crippen molar-refractivity contribution in [3.05, 3.63) is 23.8 Å². The molecule has 0 fully saturated rings. The molecule has 2 rings (SSSR count). The first kappa shape index (κ1) is 11.2. The van der Waals surface area contributed by atoms with Crippen LogP contribution in [-0.4, -0.2) is 26.4 Å². The van der Waals surface area contributed by atoms with Crippen LogP contribution in [0.15, 0.2) is 18.2 Å². The number of hydrogen-bond donors (Lipinski definition) is 1. The van der Waals surface area contributed by atoms with Crippen LogP contribution in [0, 0.1) is 0 Å². The van der Waals surface area contributed by atoms with E-state index in [1.54, 1.807) is 7.11 Å². The first-order valence-corrected chi connectivity index (χ1v) is 5.38. The molecule has 0 saturated heterocycles. The minimum Gasteiger partial charge on any atom is -0.491 e. The van der Waals surface area contributed by atoms with Gasteiger partial charge in [0, 0.05) is 18.7 Å². The molecule has 2 unspecified atom stereocenters. The van der Waals surface area contributed by atoms with E-state index in [2.05, 4.69) is 0 Å². The number of rotatable bonds is 4. The van der Waals surface area contributed by atoms with Crippen molar-refractivity contribution >= 4 is 0 Å². The van der Waals surface area contributed by atoms with Gasteiger partial charge >= 0.3 is 0 Å². The second-order valence-corrected chi connectivity index (χ2v) is 4.00. The lowest BCUT2D eigenvalue weighted by Gasteiger charge is -2.14. The zero-order valence-electron chi connectivity index (χ0n) is 9.60. The summed E-state index contributed by atoms with van der Waals surface area (Å²) in [5.41, 5.74) is 6.91. The van der Waals surface area contributed by atoms with Gasteiger partial charge in [-0.25, -0.2) is 0 Å². The average Bonchev–Trinajstić information content (AvgIpc) is 2.60. The molecule has 2 atom stereocenters. The summed E-state index contributed by atoms with van der Waals surface area (Å²) in [7, 11) is 1.66. The zero-order chi connectivity index (χ0) is 11.5. The Morgan fingerprint density at radius 3 is 3.12 bits per heavy atom. The highest BCUT2D eigenvalue weighted by molar-refractivity contribution is 5.44. The summed E-state index contributed by atoms with van der Waals surface area (Å²) < 4.78 is 16.1. The van der Waals surface area contributed by atoms with Crippen LogP contribution >= 0.6 is 0 Å². The molecular weight excluding hydrogens is 206 g/mol. The maximum absolute atomic E-state index is 5.86. The molecule has 1 aliphatic rings. The summed E-state index contributed by atoms with van der Waals surface area (Å²) in [5, 5.41) is 0. The van der Waals surface area contributed by atoms with Crippen molar-refractivity contribution in [1.82, 2.24) is 0 Å². The van der Waals surface area contributed by atoms with Gasteiger partial charge in [-0.05, 0) is 19.1 Å². The Bertz CT molecular complexity index is 367. The fraction of sp³-hybridized carbons (Fsp3) is 0.500. The molecule has 1 heterocycles. The lowest BCUT2D eigenvalue weighted by atomic mass is 10.1. The highest BCUT2D eigenvalue weighted by Gasteiger charge is 2.21. The number of fused-ring (bicyclic) bond motifs is 1. The third-order valence-electron chi connectivity index (χ3n) is 2.54. The van der Waals surface area contributed by atoms with Gasteiger partial charge in [0.2, 0.25) is 0 Å². The minimum atomic E-state index is -0.0135. The van der Waals surface area contributed by atoms with Gasteiger partial charge in [0.15, 0.2) is 0 Å². The van der Waals surface area contributed by atoms with Crippen molar-refractivity contribution in [2.45, 2.75) is 19.1 Å². The lowest BCUT2D eigenvalue weighted by molar-refractivity contribution is 0.0919. The van der Waals surface area contributed by atoms with Crippen molar-refractivity contribution in [3.63, 3.8) is 0 Å². The predicted molar refractivity (Wildman–Crippen MR) is 60.8 cm³/mol. The Labute approximate surface area is 95.3 Å². The van der Waals surface area contributed by atoms with Crippen molar-refractivity contribution in [2.75, 3.05) is 20.3 Å². The second kappa shape index (κ2) is 4.72. The molecule has 2 N–H and O–H groups in total. The number of methoxy groups -OCH3 is 1. The van der Waals surface area contributed by atoms with Crippen LogP contribution in [0.3, 0.4) is 0 Å². The fourth-order valence-corrected chi connectivity index (χ4v) is 1.79. The molecule has 16 heavy (non-hydrogen) atoms. The molecule has 0 radical (unpaired) electrons. The molecule has 0 aromatic heterocycles. The molecule has 88 valence electrons. The summed E-state index contributed by atoms with van der Waals surface area (Å²) in [4.78, 5) is 0. The minimum absolute atomic E-state index is 0.0135. The van der Waals surface area contributed by atoms with Gasteiger partial charge in [0.1, 0.15) is 24.2 Å². The molecule has 0 bridgehead atoms. The molecule has 0 saturated carbocycles. The van der Waals surface area contributed by atoms with Crippen LogP contribution in [-0.2, 0) is 4.74 Å². The molecule has 1 aromatic rings. The molecule has 0 spiro atoms. The van der Waals surface area contributed by atoms with Crippen LogP contribution in [0.2, 0.25) is 0 Å². The smallest absolute Gasteiger partial charge is 0.127 e. The third-order valence-corrected chi connectivity index (χ3v) is 2.54. The van der Waals surface area contributed by atoms with Gasteiger partial charge < -0.3 is 19.9 Å². The highest BCUT2D eigenvalue weighted by Crippen LogP contribution is 2.34. The van der Waals surface area contributed by atoms with E-state index >= 15 is 0 Å². The zero-order valence-corrected chi connectivity index (χ0v) is 9.60. The van der Waals surface area contributed by atoms with Crippen LogP contribution in [0.25, 0.3) is 0 Å². The quantitative estimate of drug-likeness (QED) is 0.840. The fourth-order valence-electron chi connectivity index (χ4n) is 1.79. The van der Waals surface area contributed by atoms with E-state index in [9.17, 15) is 0 Å². The van der Waals surface area contributed by atoms with E-state index in [0.29, 0.717) is 13.2 Å². The van der Waals surface area contributed by atoms with Gasteiger partial charge in [-0.3, -0.25) is 0 Å². The monoisotopic (exact) mass is 223 g/mol. The third kappa shape index (κ3) is 2.28. The van der Waals surface area contributed by atoms with E-state index in [1.165, 1.54) is 0 Å². The highest BCUT2D eigenvalue weighted by atomic mass is 16.5. The van der Waals surface area contributed by atoms with Crippen molar-refractivity contribution in [2.24, 2.45) is 5.73 Å². The average molecular weight is 223 g/mol. The largest absolute Gasteiger partial charge is 0.491 e. The molecule has 0 amide bonds. The Kier molecular flexibility index (Phi) is 3.31. The summed E-state index contributed by atoms with van der Waals surface area (Å²) >= 11 is 0. The maximum atomic E-state index is 5.86. The summed E-state index contributed by atoms with van der Waals surface area (Å²) in [6.45, 7) is 3.08. The van der Waals surface area contributed by atoms with E-state index in [1.807, 2.05) is 25.1 Å². The number of ether oxygens (including phenoxy) is 3. The van der Waals surface area contributed by atoms with Crippen molar-refractivity contribution in [3.8, 4) is 11.5 Å². The normalized spacial score (nSPS) is 20.1. The maximum Gasteiger partial charge on any atom is 0.127 e. The van der Waals surface area contributed by atoms with Gasteiger partial charge in [-0.15, -0.1) is 0 Å². The van der Waals surface area contributed by atoms with E-state index in [4.69, 9.17) is 19.9 Å². The molecule has 4 heteroatoms. The van der Waals surface area contributed by atoms with Crippen LogP contribution in [0.4, 0.5) is 0 Å². The number of hydrogen-bond acceptors (Lipinski definition) is 4. The van der Waals surface area contributed by atoms with Gasteiger partial charge in [-0.1, -0.05) is 0 Å². The lowest BCUT2D eigenvalue weighted by Crippen LogP contribution is -2.17. The summed E-state index contributed by atoms with van der Waals surface area (Å²) in [6.07, 6.45) is 0.0260. The first-order chi connectivity index (χ1) is 7.70.